The van der Waals surface area contributed by atoms with Crippen molar-refractivity contribution in [2.45, 2.75) is 32.6 Å². The topological polar surface area (TPSA) is 72.2 Å². The third kappa shape index (κ3) is 4.56. The summed E-state index contributed by atoms with van der Waals surface area (Å²) in [6.07, 6.45) is 0. The van der Waals surface area contributed by atoms with Crippen LogP contribution in [0.2, 0.25) is 5.02 Å². The van der Waals surface area contributed by atoms with E-state index in [4.69, 9.17) is 17.3 Å². The number of nitrogen functional groups attached to an aromatic ring is 1. The molecule has 4 nitrogen and oxygen atoms in total. The largest absolute Gasteiger partial charge is 0.399 e. The summed E-state index contributed by atoms with van der Waals surface area (Å²) >= 11 is 5.64. The van der Waals surface area contributed by atoms with Crippen LogP contribution in [-0.2, 0) is 10.0 Å². The second-order valence-electron chi connectivity index (χ2n) is 5.82. The number of sulfonamides is 1. The minimum absolute atomic E-state index is 0.103. The number of benzene rings is 1. The van der Waals surface area contributed by atoms with E-state index < -0.39 is 20.7 Å². The zero-order chi connectivity index (χ0) is 16.4. The fourth-order valence-electron chi connectivity index (χ4n) is 2.30. The van der Waals surface area contributed by atoms with Crippen LogP contribution in [0, 0.1) is 23.6 Å². The molecule has 0 amide bonds. The highest BCUT2D eigenvalue weighted by Crippen LogP contribution is 2.26. The maximum atomic E-state index is 13.9. The van der Waals surface area contributed by atoms with Gasteiger partial charge in [-0.15, -0.1) is 0 Å². The van der Waals surface area contributed by atoms with Crippen molar-refractivity contribution in [3.63, 3.8) is 0 Å². The summed E-state index contributed by atoms with van der Waals surface area (Å²) in [5, 5.41) is -0.306. The summed E-state index contributed by atoms with van der Waals surface area (Å²) in [5.74, 6) is -0.215. The zero-order valence-corrected chi connectivity index (χ0v) is 14.2. The van der Waals surface area contributed by atoms with Gasteiger partial charge in [-0.25, -0.2) is 17.5 Å². The second-order valence-corrected chi connectivity index (χ2v) is 7.96. The van der Waals surface area contributed by atoms with Crippen LogP contribution in [-0.4, -0.2) is 15.0 Å². The van der Waals surface area contributed by atoms with Gasteiger partial charge in [-0.1, -0.05) is 39.3 Å². The van der Waals surface area contributed by atoms with Gasteiger partial charge in [-0.2, -0.15) is 0 Å². The third-order valence-corrected chi connectivity index (χ3v) is 5.23. The minimum atomic E-state index is -3.99. The van der Waals surface area contributed by atoms with Crippen LogP contribution in [0.15, 0.2) is 17.0 Å². The Balaban J connectivity index is 3.03. The Morgan fingerprint density at radius 2 is 1.76 bits per heavy atom. The number of anilines is 1. The Kier molecular flexibility index (Phi) is 6.01. The van der Waals surface area contributed by atoms with E-state index in [0.717, 1.165) is 6.07 Å². The lowest BCUT2D eigenvalue weighted by Gasteiger charge is -2.25. The van der Waals surface area contributed by atoms with Crippen molar-refractivity contribution in [2.24, 2.45) is 17.8 Å². The van der Waals surface area contributed by atoms with E-state index in [1.165, 1.54) is 6.07 Å². The van der Waals surface area contributed by atoms with Crippen LogP contribution in [0.25, 0.3) is 0 Å². The fourth-order valence-corrected chi connectivity index (χ4v) is 3.79. The number of nitrogens with two attached hydrogens (primary N) is 1. The van der Waals surface area contributed by atoms with Gasteiger partial charge in [0.1, 0.15) is 4.90 Å². The summed E-state index contributed by atoms with van der Waals surface area (Å²) in [5.41, 5.74) is 5.64. The molecular weight excluding hydrogens is 315 g/mol. The SMILES string of the molecule is CC(C)C(CNS(=O)(=O)c1cc(N)cc(Cl)c1F)C(C)C. The summed E-state index contributed by atoms with van der Waals surface area (Å²) in [6, 6.07) is 2.25. The average Bonchev–Trinajstić information content (AvgIpc) is 2.32. The molecule has 7 heteroatoms. The Hall–Kier alpha value is -0.850. The van der Waals surface area contributed by atoms with Gasteiger partial charge in [-0.3, -0.25) is 0 Å². The van der Waals surface area contributed by atoms with E-state index in [1.807, 2.05) is 27.7 Å². The molecule has 0 heterocycles. The molecule has 120 valence electrons. The lowest BCUT2D eigenvalue weighted by molar-refractivity contribution is 0.289. The zero-order valence-electron chi connectivity index (χ0n) is 12.7. The van der Waals surface area contributed by atoms with E-state index in [1.54, 1.807) is 0 Å². The van der Waals surface area contributed by atoms with Crippen LogP contribution in [0.1, 0.15) is 27.7 Å². The molecule has 0 bridgehead atoms. The van der Waals surface area contributed by atoms with Gasteiger partial charge >= 0.3 is 0 Å². The van der Waals surface area contributed by atoms with Crippen LogP contribution in [0.4, 0.5) is 10.1 Å². The molecule has 1 aromatic rings. The molecule has 0 aliphatic carbocycles. The van der Waals surface area contributed by atoms with E-state index in [2.05, 4.69) is 4.72 Å². The van der Waals surface area contributed by atoms with Crippen LogP contribution < -0.4 is 10.5 Å². The Bertz CT molecular complexity index is 595. The molecule has 0 radical (unpaired) electrons. The van der Waals surface area contributed by atoms with Crippen LogP contribution in [0.5, 0.6) is 0 Å². The summed E-state index contributed by atoms with van der Waals surface area (Å²) < 4.78 is 40.8. The number of halogens is 2. The minimum Gasteiger partial charge on any atom is -0.399 e. The molecule has 0 saturated heterocycles. The monoisotopic (exact) mass is 336 g/mol. The molecule has 0 aromatic heterocycles. The lowest BCUT2D eigenvalue weighted by atomic mass is 9.86. The van der Waals surface area contributed by atoms with Crippen molar-refractivity contribution in [2.75, 3.05) is 12.3 Å². The first-order valence-corrected chi connectivity index (χ1v) is 8.66. The maximum Gasteiger partial charge on any atom is 0.243 e. The first kappa shape index (κ1) is 18.2. The molecule has 0 fully saturated rings. The van der Waals surface area contributed by atoms with Crippen LogP contribution in [0.3, 0.4) is 0 Å². The molecule has 0 atom stereocenters. The van der Waals surface area contributed by atoms with Gasteiger partial charge in [0, 0.05) is 12.2 Å². The van der Waals surface area contributed by atoms with E-state index in [9.17, 15) is 12.8 Å². The fraction of sp³-hybridized carbons (Fsp3) is 0.571. The number of nitrogens with one attached hydrogen (secondary N) is 1. The van der Waals surface area contributed by atoms with Gasteiger partial charge in [-0.05, 0) is 29.9 Å². The molecule has 3 N–H and O–H groups in total. The molecule has 0 aliphatic rings. The Morgan fingerprint density at radius 3 is 2.24 bits per heavy atom. The standard InChI is InChI=1S/C14H22ClFN2O2S/c1-8(2)11(9(3)4)7-18-21(19,20)13-6-10(17)5-12(15)14(13)16/h5-6,8-9,11,18H,7,17H2,1-4H3. The average molecular weight is 337 g/mol. The Labute approximate surface area is 130 Å². The molecule has 1 rings (SSSR count). The summed E-state index contributed by atoms with van der Waals surface area (Å²) in [4.78, 5) is -0.515. The first-order chi connectivity index (χ1) is 9.56. The molecule has 1 aromatic carbocycles. The Morgan fingerprint density at radius 1 is 1.24 bits per heavy atom. The number of hydrogen-bond acceptors (Lipinski definition) is 3. The molecule has 0 unspecified atom stereocenters. The van der Waals surface area contributed by atoms with Crippen LogP contribution >= 0.6 is 11.6 Å². The third-order valence-electron chi connectivity index (χ3n) is 3.53. The van der Waals surface area contributed by atoms with Gasteiger partial charge in [0.15, 0.2) is 5.82 Å². The van der Waals surface area contributed by atoms with Crippen molar-refractivity contribution in [1.82, 2.24) is 4.72 Å². The molecule has 0 spiro atoms. The predicted molar refractivity (Wildman–Crippen MR) is 84.2 cm³/mol. The van der Waals surface area contributed by atoms with Crippen molar-refractivity contribution in [1.29, 1.82) is 0 Å². The summed E-state index contributed by atoms with van der Waals surface area (Å²) in [7, 11) is -3.99. The van der Waals surface area contributed by atoms with Crippen molar-refractivity contribution < 1.29 is 12.8 Å². The van der Waals surface area contributed by atoms with E-state index in [0.29, 0.717) is 11.8 Å². The van der Waals surface area contributed by atoms with E-state index in [-0.39, 0.29) is 23.2 Å². The quantitative estimate of drug-likeness (QED) is 0.783. The molecule has 0 aliphatic heterocycles. The van der Waals surface area contributed by atoms with Crippen molar-refractivity contribution in [3.8, 4) is 0 Å². The van der Waals surface area contributed by atoms with E-state index >= 15 is 0 Å². The first-order valence-electron chi connectivity index (χ1n) is 6.80. The second kappa shape index (κ2) is 6.94. The van der Waals surface area contributed by atoms with Gasteiger partial charge < -0.3 is 5.73 Å². The normalized spacial score (nSPS) is 12.6. The van der Waals surface area contributed by atoms with Gasteiger partial charge in [0.2, 0.25) is 10.0 Å². The molecular formula is C14H22ClFN2O2S. The highest BCUT2D eigenvalue weighted by Gasteiger charge is 2.25. The van der Waals surface area contributed by atoms with Gasteiger partial charge in [0.25, 0.3) is 0 Å². The number of rotatable bonds is 6. The highest BCUT2D eigenvalue weighted by molar-refractivity contribution is 7.89. The number of hydrogen-bond donors (Lipinski definition) is 2. The highest BCUT2D eigenvalue weighted by atomic mass is 35.5. The van der Waals surface area contributed by atoms with Crippen molar-refractivity contribution in [3.05, 3.63) is 23.0 Å². The lowest BCUT2D eigenvalue weighted by Crippen LogP contribution is -2.34. The molecule has 21 heavy (non-hydrogen) atoms. The predicted octanol–water partition coefficient (Wildman–Crippen LogP) is 3.27. The van der Waals surface area contributed by atoms with Gasteiger partial charge in [0.05, 0.1) is 5.02 Å². The maximum absolute atomic E-state index is 13.9. The van der Waals surface area contributed by atoms with Crippen molar-refractivity contribution >= 4 is 27.3 Å². The molecule has 0 saturated carbocycles. The summed E-state index contributed by atoms with van der Waals surface area (Å²) in [6.45, 7) is 8.34. The smallest absolute Gasteiger partial charge is 0.243 e.